The van der Waals surface area contributed by atoms with Crippen LogP contribution in [0.5, 0.6) is 0 Å². The van der Waals surface area contributed by atoms with Gasteiger partial charge < -0.3 is 20.6 Å². The van der Waals surface area contributed by atoms with Crippen LogP contribution in [0.25, 0.3) is 0 Å². The van der Waals surface area contributed by atoms with Crippen molar-refractivity contribution < 1.29 is 19.5 Å². The molecule has 2 aliphatic carbocycles. The van der Waals surface area contributed by atoms with Crippen molar-refractivity contribution in [1.82, 2.24) is 15.5 Å². The van der Waals surface area contributed by atoms with Gasteiger partial charge in [0.25, 0.3) is 0 Å². The van der Waals surface area contributed by atoms with Crippen LogP contribution in [0, 0.1) is 11.3 Å². The second-order valence-corrected chi connectivity index (χ2v) is 8.83. The summed E-state index contributed by atoms with van der Waals surface area (Å²) >= 11 is 0. The Morgan fingerprint density at radius 2 is 1.69 bits per heavy atom. The van der Waals surface area contributed by atoms with E-state index in [-0.39, 0.29) is 23.3 Å². The molecule has 1 heterocycles. The molecule has 7 heteroatoms. The maximum atomic E-state index is 13.3. The Morgan fingerprint density at radius 3 is 2.28 bits per heavy atom. The minimum absolute atomic E-state index is 0.00719. The molecular formula is C22H29N3O4. The summed E-state index contributed by atoms with van der Waals surface area (Å²) in [6, 6.07) is 9.36. The van der Waals surface area contributed by atoms with Gasteiger partial charge in [0.1, 0.15) is 5.54 Å². The maximum absolute atomic E-state index is 13.3. The van der Waals surface area contributed by atoms with Crippen LogP contribution < -0.4 is 10.6 Å². The number of benzene rings is 1. The van der Waals surface area contributed by atoms with Crippen molar-refractivity contribution in [2.24, 2.45) is 11.3 Å². The average molecular weight is 399 g/mol. The lowest BCUT2D eigenvalue weighted by molar-refractivity contribution is -0.141. The monoisotopic (exact) mass is 399 g/mol. The fourth-order valence-electron chi connectivity index (χ4n) is 5.12. The number of likely N-dealkylation sites (tertiary alicyclic amines) is 1. The summed E-state index contributed by atoms with van der Waals surface area (Å²) < 4.78 is 0. The Morgan fingerprint density at radius 1 is 1.03 bits per heavy atom. The highest BCUT2D eigenvalue weighted by Crippen LogP contribution is 2.59. The van der Waals surface area contributed by atoms with Crippen LogP contribution in [0.1, 0.15) is 50.5 Å². The molecule has 1 unspecified atom stereocenters. The van der Waals surface area contributed by atoms with Crippen LogP contribution in [0.2, 0.25) is 0 Å². The Bertz CT molecular complexity index is 781. The summed E-state index contributed by atoms with van der Waals surface area (Å²) in [7, 11) is 0. The number of hydrogen-bond acceptors (Lipinski definition) is 3. The molecule has 0 radical (unpaired) electrons. The number of aliphatic carboxylic acids is 1. The smallest absolute Gasteiger partial charge is 0.315 e. The van der Waals surface area contributed by atoms with E-state index < -0.39 is 11.5 Å². The number of carbonyl (C=O) groups excluding carboxylic acids is 2. The zero-order chi connectivity index (χ0) is 20.5. The number of hydrogen-bond donors (Lipinski definition) is 3. The summed E-state index contributed by atoms with van der Waals surface area (Å²) in [5, 5.41) is 15.1. The van der Waals surface area contributed by atoms with Crippen molar-refractivity contribution >= 4 is 17.9 Å². The van der Waals surface area contributed by atoms with E-state index in [1.807, 2.05) is 35.2 Å². The standard InChI is InChI=1S/C22H29N3O4/c26-18(27)17-14-21(17)10-12-25(13-11-21)19(28)22(8-4-5-9-22)24-20(29)23-15-16-6-2-1-3-7-16/h1-3,6-7,17H,4-5,8-15H2,(H,26,27)(H2,23,24,29). The average Bonchev–Trinajstić information content (AvgIpc) is 3.22. The molecular weight excluding hydrogens is 370 g/mol. The number of rotatable bonds is 5. The molecule has 29 heavy (non-hydrogen) atoms. The van der Waals surface area contributed by atoms with Crippen molar-refractivity contribution in [3.05, 3.63) is 35.9 Å². The third-order valence-electron chi connectivity index (χ3n) is 7.05. The topological polar surface area (TPSA) is 98.7 Å². The van der Waals surface area contributed by atoms with Crippen LogP contribution in [-0.4, -0.2) is 46.5 Å². The highest BCUT2D eigenvalue weighted by atomic mass is 16.4. The van der Waals surface area contributed by atoms with Crippen molar-refractivity contribution in [1.29, 1.82) is 0 Å². The highest BCUT2D eigenvalue weighted by molar-refractivity contribution is 5.91. The molecule has 1 saturated heterocycles. The zero-order valence-electron chi connectivity index (χ0n) is 16.7. The number of carboxylic acids is 1. The molecule has 3 amide bonds. The Hall–Kier alpha value is -2.57. The van der Waals surface area contributed by atoms with Gasteiger partial charge in [-0.05, 0) is 43.1 Å². The number of piperidine rings is 1. The molecule has 4 rings (SSSR count). The second kappa shape index (κ2) is 7.69. The van der Waals surface area contributed by atoms with Crippen molar-refractivity contribution in [2.75, 3.05) is 13.1 Å². The lowest BCUT2D eigenvalue weighted by Gasteiger charge is -2.39. The summed E-state index contributed by atoms with van der Waals surface area (Å²) in [5.74, 6) is -0.969. The van der Waals surface area contributed by atoms with Crippen molar-refractivity contribution in [3.63, 3.8) is 0 Å². The number of carbonyl (C=O) groups is 3. The molecule has 7 nitrogen and oxygen atoms in total. The summed E-state index contributed by atoms with van der Waals surface area (Å²) in [6.45, 7) is 1.58. The zero-order valence-corrected chi connectivity index (χ0v) is 16.7. The van der Waals surface area contributed by atoms with Crippen molar-refractivity contribution in [2.45, 2.75) is 57.0 Å². The number of nitrogens with zero attached hydrogens (tertiary/aromatic N) is 1. The van der Waals surface area contributed by atoms with E-state index in [9.17, 15) is 19.5 Å². The predicted molar refractivity (Wildman–Crippen MR) is 107 cm³/mol. The maximum Gasteiger partial charge on any atom is 0.315 e. The molecule has 1 aliphatic heterocycles. The van der Waals surface area contributed by atoms with E-state index in [0.717, 1.165) is 37.7 Å². The molecule has 1 aromatic rings. The lowest BCUT2D eigenvalue weighted by Crippen LogP contribution is -2.61. The Balaban J connectivity index is 1.35. The lowest BCUT2D eigenvalue weighted by atomic mass is 9.88. The van der Waals surface area contributed by atoms with Crippen LogP contribution in [0.4, 0.5) is 4.79 Å². The van der Waals surface area contributed by atoms with E-state index in [4.69, 9.17) is 0 Å². The van der Waals surface area contributed by atoms with Gasteiger partial charge in [0, 0.05) is 19.6 Å². The number of carboxylic acid groups (broad SMARTS) is 1. The minimum Gasteiger partial charge on any atom is -0.481 e. The second-order valence-electron chi connectivity index (χ2n) is 8.83. The molecule has 2 saturated carbocycles. The quantitative estimate of drug-likeness (QED) is 0.708. The van der Waals surface area contributed by atoms with Crippen LogP contribution >= 0.6 is 0 Å². The summed E-state index contributed by atoms with van der Waals surface area (Å²) in [4.78, 5) is 39.0. The number of nitrogens with one attached hydrogen (secondary N) is 2. The third kappa shape index (κ3) is 3.95. The first kappa shape index (κ1) is 19.7. The van der Waals surface area contributed by atoms with E-state index in [2.05, 4.69) is 10.6 Å². The van der Waals surface area contributed by atoms with Gasteiger partial charge in [0.15, 0.2) is 0 Å². The fourth-order valence-corrected chi connectivity index (χ4v) is 5.12. The van der Waals surface area contributed by atoms with Gasteiger partial charge in [0.2, 0.25) is 5.91 Å². The van der Waals surface area contributed by atoms with Gasteiger partial charge in [-0.2, -0.15) is 0 Å². The van der Waals surface area contributed by atoms with E-state index >= 15 is 0 Å². The van der Waals surface area contributed by atoms with Crippen LogP contribution in [0.15, 0.2) is 30.3 Å². The van der Waals surface area contributed by atoms with Gasteiger partial charge >= 0.3 is 12.0 Å². The number of amides is 3. The van der Waals surface area contributed by atoms with Crippen LogP contribution in [-0.2, 0) is 16.1 Å². The van der Waals surface area contributed by atoms with E-state index in [1.54, 1.807) is 0 Å². The van der Waals surface area contributed by atoms with Crippen LogP contribution in [0.3, 0.4) is 0 Å². The van der Waals surface area contributed by atoms with Gasteiger partial charge in [0.05, 0.1) is 5.92 Å². The first-order valence-electron chi connectivity index (χ1n) is 10.6. The van der Waals surface area contributed by atoms with Gasteiger partial charge in [-0.25, -0.2) is 4.79 Å². The molecule has 3 N–H and O–H groups in total. The molecule has 1 spiro atoms. The van der Waals surface area contributed by atoms with Crippen molar-refractivity contribution in [3.8, 4) is 0 Å². The molecule has 3 aliphatic rings. The summed E-state index contributed by atoms with van der Waals surface area (Å²) in [5.41, 5.74) is 0.0701. The highest BCUT2D eigenvalue weighted by Gasteiger charge is 2.59. The van der Waals surface area contributed by atoms with E-state index in [1.165, 1.54) is 0 Å². The first-order chi connectivity index (χ1) is 13.9. The molecule has 1 atom stereocenters. The van der Waals surface area contributed by atoms with Gasteiger partial charge in [-0.1, -0.05) is 43.2 Å². The molecule has 1 aromatic carbocycles. The number of urea groups is 1. The van der Waals surface area contributed by atoms with Gasteiger partial charge in [-0.3, -0.25) is 9.59 Å². The van der Waals surface area contributed by atoms with Gasteiger partial charge in [-0.15, -0.1) is 0 Å². The molecule has 0 bridgehead atoms. The first-order valence-corrected chi connectivity index (χ1v) is 10.6. The third-order valence-corrected chi connectivity index (χ3v) is 7.05. The molecule has 156 valence electrons. The SMILES string of the molecule is O=C(NCc1ccccc1)NC1(C(=O)N2CCC3(CC2)CC3C(=O)O)CCCC1. The largest absolute Gasteiger partial charge is 0.481 e. The predicted octanol–water partition coefficient (Wildman–Crippen LogP) is 2.51. The summed E-state index contributed by atoms with van der Waals surface area (Å²) in [6.07, 6.45) is 5.37. The van der Waals surface area contributed by atoms with E-state index in [0.29, 0.717) is 32.5 Å². The Kier molecular flexibility index (Phi) is 5.23. The fraction of sp³-hybridized carbons (Fsp3) is 0.591. The molecule has 3 fully saturated rings. The molecule has 0 aromatic heterocycles. The Labute approximate surface area is 170 Å². The normalized spacial score (nSPS) is 24.1. The minimum atomic E-state index is -0.832.